The average molecular weight is 176 g/mol. The van der Waals surface area contributed by atoms with Gasteiger partial charge in [-0.2, -0.15) is 0 Å². The van der Waals surface area contributed by atoms with Crippen molar-refractivity contribution in [3.8, 4) is 0 Å². The molecule has 0 aromatic heterocycles. The van der Waals surface area contributed by atoms with Gasteiger partial charge in [0, 0.05) is 0 Å². The molecule has 0 aliphatic heterocycles. The van der Waals surface area contributed by atoms with Crippen LogP contribution < -0.4 is 0 Å². The minimum Gasteiger partial charge on any atom is -0.480 e. The molecular weight excluding hydrogens is 164 g/mol. The Balaban J connectivity index is 3.18. The van der Waals surface area contributed by atoms with Crippen LogP contribution >= 0.6 is 0 Å². The van der Waals surface area contributed by atoms with E-state index in [1.807, 2.05) is 18.2 Å². The monoisotopic (exact) mass is 176 g/mol. The Morgan fingerprint density at radius 1 is 1.46 bits per heavy atom. The van der Waals surface area contributed by atoms with Crippen molar-refractivity contribution in [3.63, 3.8) is 0 Å². The third-order valence-corrected chi connectivity index (χ3v) is 2.23. The molecule has 1 aromatic rings. The van der Waals surface area contributed by atoms with Crippen molar-refractivity contribution in [2.75, 3.05) is 0 Å². The van der Waals surface area contributed by atoms with Gasteiger partial charge in [-0.25, -0.2) is 0 Å². The fraction of sp³-hybridized carbons (Fsp3) is 0.182. The summed E-state index contributed by atoms with van der Waals surface area (Å²) in [6, 6.07) is 9.07. The number of benzene rings is 1. The highest BCUT2D eigenvalue weighted by atomic mass is 16.4. The molecule has 1 N–H and O–H groups in total. The number of carboxylic acids is 1. The zero-order valence-corrected chi connectivity index (χ0v) is 7.53. The van der Waals surface area contributed by atoms with Crippen LogP contribution in [0.3, 0.4) is 0 Å². The molecule has 1 rings (SSSR count). The van der Waals surface area contributed by atoms with E-state index in [9.17, 15) is 4.79 Å². The molecular formula is C11H12O2. The van der Waals surface area contributed by atoms with E-state index >= 15 is 0 Å². The molecule has 0 unspecified atom stereocenters. The molecule has 68 valence electrons. The van der Waals surface area contributed by atoms with Crippen LogP contribution in [-0.4, -0.2) is 11.1 Å². The van der Waals surface area contributed by atoms with Crippen molar-refractivity contribution in [2.45, 2.75) is 12.3 Å². The number of carboxylic acid groups (broad SMARTS) is 1. The molecule has 0 saturated heterocycles. The summed E-state index contributed by atoms with van der Waals surface area (Å²) in [6.45, 7) is 5.19. The van der Waals surface area contributed by atoms with E-state index in [1.54, 1.807) is 19.1 Å². The number of rotatable bonds is 3. The molecule has 0 heterocycles. The van der Waals surface area contributed by atoms with Crippen molar-refractivity contribution < 1.29 is 9.90 Å². The smallest absolute Gasteiger partial charge is 0.317 e. The van der Waals surface area contributed by atoms with Gasteiger partial charge in [0.2, 0.25) is 0 Å². The van der Waals surface area contributed by atoms with Gasteiger partial charge in [-0.15, -0.1) is 6.58 Å². The van der Waals surface area contributed by atoms with E-state index in [1.165, 1.54) is 6.08 Å². The van der Waals surface area contributed by atoms with Crippen LogP contribution in [0, 0.1) is 0 Å². The summed E-state index contributed by atoms with van der Waals surface area (Å²) in [5.74, 6) is -0.881. The summed E-state index contributed by atoms with van der Waals surface area (Å²) in [5, 5.41) is 9.01. The van der Waals surface area contributed by atoms with Gasteiger partial charge < -0.3 is 5.11 Å². The molecule has 0 aliphatic carbocycles. The molecule has 0 bridgehead atoms. The third kappa shape index (κ3) is 1.61. The quantitative estimate of drug-likeness (QED) is 0.717. The fourth-order valence-corrected chi connectivity index (χ4v) is 1.11. The normalized spacial score (nSPS) is 14.5. The Hall–Kier alpha value is -1.57. The molecule has 0 fully saturated rings. The Morgan fingerprint density at radius 2 is 2.00 bits per heavy atom. The maximum atomic E-state index is 11.0. The minimum atomic E-state index is -0.985. The van der Waals surface area contributed by atoms with Gasteiger partial charge in [0.25, 0.3) is 0 Å². The van der Waals surface area contributed by atoms with Crippen LogP contribution in [0.15, 0.2) is 43.0 Å². The van der Waals surface area contributed by atoms with Crippen LogP contribution in [0.25, 0.3) is 0 Å². The predicted molar refractivity (Wildman–Crippen MR) is 51.6 cm³/mol. The lowest BCUT2D eigenvalue weighted by atomic mass is 9.83. The van der Waals surface area contributed by atoms with Gasteiger partial charge in [0.1, 0.15) is 5.41 Å². The van der Waals surface area contributed by atoms with E-state index in [-0.39, 0.29) is 0 Å². The van der Waals surface area contributed by atoms with E-state index in [2.05, 4.69) is 6.58 Å². The van der Waals surface area contributed by atoms with Crippen LogP contribution in [0.5, 0.6) is 0 Å². The van der Waals surface area contributed by atoms with E-state index in [0.717, 1.165) is 5.56 Å². The fourth-order valence-electron chi connectivity index (χ4n) is 1.11. The van der Waals surface area contributed by atoms with Crippen LogP contribution in [-0.2, 0) is 10.2 Å². The van der Waals surface area contributed by atoms with Crippen molar-refractivity contribution in [1.82, 2.24) is 0 Å². The largest absolute Gasteiger partial charge is 0.480 e. The summed E-state index contributed by atoms with van der Waals surface area (Å²) in [7, 11) is 0. The van der Waals surface area contributed by atoms with Gasteiger partial charge in [0.15, 0.2) is 0 Å². The SMILES string of the molecule is C=C[C@](C)(C(=O)O)c1ccccc1. The first kappa shape index (κ1) is 9.52. The second kappa shape index (κ2) is 3.44. The lowest BCUT2D eigenvalue weighted by Crippen LogP contribution is -2.29. The van der Waals surface area contributed by atoms with Crippen molar-refractivity contribution in [3.05, 3.63) is 48.6 Å². The topological polar surface area (TPSA) is 37.3 Å². The summed E-state index contributed by atoms with van der Waals surface area (Å²) in [6.07, 6.45) is 1.45. The molecule has 0 amide bonds. The van der Waals surface area contributed by atoms with Gasteiger partial charge in [-0.3, -0.25) is 4.79 Å². The lowest BCUT2D eigenvalue weighted by Gasteiger charge is -2.20. The lowest BCUT2D eigenvalue weighted by molar-refractivity contribution is -0.141. The molecule has 0 radical (unpaired) electrons. The summed E-state index contributed by atoms with van der Waals surface area (Å²) in [5.41, 5.74) is -0.237. The Kier molecular flexibility index (Phi) is 2.52. The maximum absolute atomic E-state index is 11.0. The highest BCUT2D eigenvalue weighted by molar-refractivity contribution is 5.83. The maximum Gasteiger partial charge on any atom is 0.317 e. The number of hydrogen-bond donors (Lipinski definition) is 1. The summed E-state index contributed by atoms with van der Waals surface area (Å²) in [4.78, 5) is 11.0. The predicted octanol–water partition coefficient (Wildman–Crippen LogP) is 2.21. The first-order valence-electron chi connectivity index (χ1n) is 4.04. The standard InChI is InChI=1S/C11H12O2/c1-3-11(2,10(12)13)9-7-5-4-6-8-9/h3-8H,1H2,2H3,(H,12,13)/t11-/m0/s1. The number of hydrogen-bond acceptors (Lipinski definition) is 1. The van der Waals surface area contributed by atoms with E-state index < -0.39 is 11.4 Å². The summed E-state index contributed by atoms with van der Waals surface area (Å²) >= 11 is 0. The molecule has 0 spiro atoms. The molecule has 2 heteroatoms. The summed E-state index contributed by atoms with van der Waals surface area (Å²) < 4.78 is 0. The highest BCUT2D eigenvalue weighted by Gasteiger charge is 2.31. The van der Waals surface area contributed by atoms with Crippen LogP contribution in [0.2, 0.25) is 0 Å². The van der Waals surface area contributed by atoms with Crippen molar-refractivity contribution >= 4 is 5.97 Å². The Labute approximate surface area is 77.5 Å². The minimum absolute atomic E-state index is 0.748. The first-order chi connectivity index (χ1) is 6.11. The zero-order valence-electron chi connectivity index (χ0n) is 7.53. The number of aliphatic carboxylic acids is 1. The molecule has 0 saturated carbocycles. The zero-order chi connectivity index (χ0) is 9.90. The number of carbonyl (C=O) groups is 1. The molecule has 13 heavy (non-hydrogen) atoms. The molecule has 1 aromatic carbocycles. The van der Waals surface area contributed by atoms with Crippen LogP contribution in [0.4, 0.5) is 0 Å². The second-order valence-corrected chi connectivity index (χ2v) is 3.08. The van der Waals surface area contributed by atoms with Gasteiger partial charge in [-0.1, -0.05) is 36.4 Å². The molecule has 0 aliphatic rings. The van der Waals surface area contributed by atoms with Crippen molar-refractivity contribution in [2.24, 2.45) is 0 Å². The molecule has 1 atom stereocenters. The first-order valence-corrected chi connectivity index (χ1v) is 4.04. The Morgan fingerprint density at radius 3 is 2.38 bits per heavy atom. The van der Waals surface area contributed by atoms with Crippen LogP contribution in [0.1, 0.15) is 12.5 Å². The molecule has 2 nitrogen and oxygen atoms in total. The average Bonchev–Trinajstić information content (AvgIpc) is 2.17. The third-order valence-electron chi connectivity index (χ3n) is 2.23. The highest BCUT2D eigenvalue weighted by Crippen LogP contribution is 2.24. The van der Waals surface area contributed by atoms with E-state index in [4.69, 9.17) is 5.11 Å². The Bertz CT molecular complexity index is 316. The van der Waals surface area contributed by atoms with Gasteiger partial charge in [-0.05, 0) is 12.5 Å². The van der Waals surface area contributed by atoms with E-state index in [0.29, 0.717) is 0 Å². The van der Waals surface area contributed by atoms with Crippen molar-refractivity contribution in [1.29, 1.82) is 0 Å². The second-order valence-electron chi connectivity index (χ2n) is 3.08. The van der Waals surface area contributed by atoms with Gasteiger partial charge in [0.05, 0.1) is 0 Å². The van der Waals surface area contributed by atoms with Gasteiger partial charge >= 0.3 is 5.97 Å².